The SMILES string of the molecule is O[B]c1cccc2oc3c(-c4cccc5c4sc4c(-c6ccccc6)cccc45)cccc3c12. The van der Waals surface area contributed by atoms with Crippen molar-refractivity contribution in [3.05, 3.63) is 103 Å². The zero-order valence-electron chi connectivity index (χ0n) is 18.2. The number of fused-ring (bicyclic) bond motifs is 6. The van der Waals surface area contributed by atoms with E-state index in [4.69, 9.17) is 4.42 Å². The van der Waals surface area contributed by atoms with E-state index in [1.165, 1.54) is 31.3 Å². The van der Waals surface area contributed by atoms with Gasteiger partial charge in [0.2, 0.25) is 0 Å². The maximum atomic E-state index is 9.78. The van der Waals surface area contributed by atoms with Gasteiger partial charge in [0.05, 0.1) is 0 Å². The van der Waals surface area contributed by atoms with E-state index >= 15 is 0 Å². The summed E-state index contributed by atoms with van der Waals surface area (Å²) >= 11 is 1.84. The molecule has 1 radical (unpaired) electrons. The molecule has 2 heterocycles. The molecule has 0 atom stereocenters. The molecule has 0 saturated carbocycles. The Labute approximate surface area is 201 Å². The maximum Gasteiger partial charge on any atom is 0.327 e. The van der Waals surface area contributed by atoms with Crippen LogP contribution in [0.15, 0.2) is 108 Å². The average Bonchev–Trinajstić information content (AvgIpc) is 3.47. The smallest absolute Gasteiger partial charge is 0.327 e. The van der Waals surface area contributed by atoms with Crippen LogP contribution in [0.25, 0.3) is 64.4 Å². The summed E-state index contributed by atoms with van der Waals surface area (Å²) in [5.41, 5.74) is 7.11. The summed E-state index contributed by atoms with van der Waals surface area (Å²) in [5, 5.41) is 14.3. The normalized spacial score (nSPS) is 11.7. The third-order valence-electron chi connectivity index (χ3n) is 6.59. The molecule has 0 aliphatic carbocycles. The second kappa shape index (κ2) is 7.59. The zero-order chi connectivity index (χ0) is 22.6. The fourth-order valence-electron chi connectivity index (χ4n) is 5.07. The minimum Gasteiger partial charge on any atom is -0.455 e. The van der Waals surface area contributed by atoms with Crippen LogP contribution in [-0.2, 0) is 0 Å². The van der Waals surface area contributed by atoms with Crippen molar-refractivity contribution in [3.8, 4) is 22.3 Å². The molecule has 0 spiro atoms. The minimum atomic E-state index is 0.765. The molecule has 7 rings (SSSR count). The van der Waals surface area contributed by atoms with Crippen molar-refractivity contribution in [2.24, 2.45) is 0 Å². The summed E-state index contributed by atoms with van der Waals surface area (Å²) in [6.07, 6.45) is 0. The first-order chi connectivity index (χ1) is 16.8. The number of thiophene rings is 1. The van der Waals surface area contributed by atoms with Gasteiger partial charge in [-0.25, -0.2) is 0 Å². The number of para-hydroxylation sites is 1. The van der Waals surface area contributed by atoms with E-state index in [0.29, 0.717) is 0 Å². The van der Waals surface area contributed by atoms with Crippen LogP contribution in [0.3, 0.4) is 0 Å². The molecule has 0 fully saturated rings. The van der Waals surface area contributed by atoms with Crippen LogP contribution in [0.2, 0.25) is 0 Å². The molecular weight excluding hydrogens is 435 g/mol. The van der Waals surface area contributed by atoms with Crippen LogP contribution < -0.4 is 5.46 Å². The van der Waals surface area contributed by atoms with E-state index in [0.717, 1.165) is 46.0 Å². The maximum absolute atomic E-state index is 9.78. The molecule has 1 N–H and O–H groups in total. The van der Waals surface area contributed by atoms with Crippen molar-refractivity contribution < 1.29 is 9.44 Å². The first-order valence-electron chi connectivity index (χ1n) is 11.3. The molecule has 0 unspecified atom stereocenters. The summed E-state index contributed by atoms with van der Waals surface area (Å²) in [4.78, 5) is 0. The molecule has 5 aromatic carbocycles. The molecule has 0 aliphatic rings. The Morgan fingerprint density at radius 1 is 0.588 bits per heavy atom. The van der Waals surface area contributed by atoms with Crippen LogP contribution >= 0.6 is 11.3 Å². The van der Waals surface area contributed by atoms with Gasteiger partial charge in [-0.3, -0.25) is 0 Å². The highest BCUT2D eigenvalue weighted by Gasteiger charge is 2.18. The van der Waals surface area contributed by atoms with Crippen molar-refractivity contribution in [3.63, 3.8) is 0 Å². The number of hydrogen-bond donors (Lipinski definition) is 1. The molecule has 0 bridgehead atoms. The van der Waals surface area contributed by atoms with Crippen molar-refractivity contribution in [2.45, 2.75) is 0 Å². The molecule has 0 amide bonds. The first-order valence-corrected chi connectivity index (χ1v) is 12.1. The second-order valence-corrected chi connectivity index (χ2v) is 9.49. The number of hydrogen-bond acceptors (Lipinski definition) is 3. The Hall–Kier alpha value is -3.86. The summed E-state index contributed by atoms with van der Waals surface area (Å²) in [5.74, 6) is 0. The number of benzene rings is 5. The third kappa shape index (κ3) is 2.79. The minimum absolute atomic E-state index is 0.765. The molecule has 34 heavy (non-hydrogen) atoms. The van der Waals surface area contributed by atoms with Gasteiger partial charge in [-0.1, -0.05) is 97.1 Å². The molecule has 2 aromatic heterocycles. The second-order valence-electron chi connectivity index (χ2n) is 8.47. The van der Waals surface area contributed by atoms with Gasteiger partial charge in [-0.05, 0) is 22.7 Å². The Kier molecular flexibility index (Phi) is 4.38. The van der Waals surface area contributed by atoms with Gasteiger partial charge in [0, 0.05) is 42.1 Å². The Morgan fingerprint density at radius 2 is 1.24 bits per heavy atom. The zero-order valence-corrected chi connectivity index (χ0v) is 19.0. The van der Waals surface area contributed by atoms with Crippen LogP contribution in [-0.4, -0.2) is 12.5 Å². The average molecular weight is 453 g/mol. The molecule has 4 heteroatoms. The first kappa shape index (κ1) is 19.6. The highest BCUT2D eigenvalue weighted by molar-refractivity contribution is 7.26. The molecule has 0 saturated heterocycles. The quantitative estimate of drug-likeness (QED) is 0.281. The lowest BCUT2D eigenvalue weighted by molar-refractivity contribution is 0.615. The fraction of sp³-hybridized carbons (Fsp3) is 0. The lowest BCUT2D eigenvalue weighted by Crippen LogP contribution is -2.13. The summed E-state index contributed by atoms with van der Waals surface area (Å²) in [7, 11) is 1.15. The van der Waals surface area contributed by atoms with E-state index in [-0.39, 0.29) is 0 Å². The van der Waals surface area contributed by atoms with E-state index in [2.05, 4.69) is 84.9 Å². The molecular formula is C30H18BO2S. The highest BCUT2D eigenvalue weighted by Crippen LogP contribution is 2.45. The standard InChI is InChI=1S/C30H18BO2S/c32-31-25-16-7-17-26-27(25)24-15-5-11-20(28(24)33-26)21-12-6-14-23-22-13-4-10-19(29(22)34-30(21)23)18-8-2-1-3-9-18/h1-17,32H. The predicted octanol–water partition coefficient (Wildman–Crippen LogP) is 7.52. The Morgan fingerprint density at radius 3 is 2.00 bits per heavy atom. The van der Waals surface area contributed by atoms with Gasteiger partial charge in [0.1, 0.15) is 11.2 Å². The van der Waals surface area contributed by atoms with Crippen molar-refractivity contribution in [1.29, 1.82) is 0 Å². The lowest BCUT2D eigenvalue weighted by atomic mass is 9.85. The highest BCUT2D eigenvalue weighted by atomic mass is 32.1. The van der Waals surface area contributed by atoms with Crippen molar-refractivity contribution in [2.75, 3.05) is 0 Å². The van der Waals surface area contributed by atoms with Crippen molar-refractivity contribution >= 4 is 66.4 Å². The lowest BCUT2D eigenvalue weighted by Gasteiger charge is -2.05. The fourth-order valence-corrected chi connectivity index (χ4v) is 6.44. The van der Waals surface area contributed by atoms with Gasteiger partial charge in [-0.15, -0.1) is 11.3 Å². The summed E-state index contributed by atoms with van der Waals surface area (Å²) in [6.45, 7) is 0. The van der Waals surface area contributed by atoms with Gasteiger partial charge in [-0.2, -0.15) is 0 Å². The molecule has 2 nitrogen and oxygen atoms in total. The van der Waals surface area contributed by atoms with E-state index < -0.39 is 0 Å². The van der Waals surface area contributed by atoms with Gasteiger partial charge in [0.15, 0.2) is 0 Å². The summed E-state index contributed by atoms with van der Waals surface area (Å²) in [6, 6.07) is 35.7. The van der Waals surface area contributed by atoms with E-state index in [9.17, 15) is 5.02 Å². The van der Waals surface area contributed by atoms with E-state index in [1.54, 1.807) is 0 Å². The number of furan rings is 1. The number of rotatable bonds is 3. The molecule has 159 valence electrons. The molecule has 0 aliphatic heterocycles. The third-order valence-corrected chi connectivity index (χ3v) is 7.88. The molecule has 7 aromatic rings. The van der Waals surface area contributed by atoms with Crippen LogP contribution in [0.5, 0.6) is 0 Å². The topological polar surface area (TPSA) is 33.4 Å². The largest absolute Gasteiger partial charge is 0.455 e. The van der Waals surface area contributed by atoms with Crippen LogP contribution in [0, 0.1) is 0 Å². The van der Waals surface area contributed by atoms with E-state index in [1.807, 2.05) is 29.5 Å². The van der Waals surface area contributed by atoms with Crippen molar-refractivity contribution in [1.82, 2.24) is 0 Å². The van der Waals surface area contributed by atoms with Gasteiger partial charge < -0.3 is 9.44 Å². The summed E-state index contributed by atoms with van der Waals surface area (Å²) < 4.78 is 8.92. The Balaban J connectivity index is 1.55. The predicted molar refractivity (Wildman–Crippen MR) is 145 cm³/mol. The van der Waals surface area contributed by atoms with Gasteiger partial charge >= 0.3 is 7.48 Å². The monoisotopic (exact) mass is 453 g/mol. The van der Waals surface area contributed by atoms with Crippen LogP contribution in [0.1, 0.15) is 0 Å². The van der Waals surface area contributed by atoms with Gasteiger partial charge in [0.25, 0.3) is 0 Å². The van der Waals surface area contributed by atoms with Crippen LogP contribution in [0.4, 0.5) is 0 Å². The Bertz CT molecular complexity index is 1850.